The summed E-state index contributed by atoms with van der Waals surface area (Å²) < 4.78 is 13.1. The Labute approximate surface area is 120 Å². The van der Waals surface area contributed by atoms with Gasteiger partial charge in [0.05, 0.1) is 10.9 Å². The van der Waals surface area contributed by atoms with Crippen LogP contribution < -0.4 is 10.6 Å². The largest absolute Gasteiger partial charge is 0.384 e. The summed E-state index contributed by atoms with van der Waals surface area (Å²) in [5, 5.41) is 5.95. The SMILES string of the molecule is O=C(Nc1ccc(F)c(Cl)c1)C1CNc2ccccc21. The van der Waals surface area contributed by atoms with Gasteiger partial charge in [-0.1, -0.05) is 29.8 Å². The molecular weight excluding hydrogens is 279 g/mol. The van der Waals surface area contributed by atoms with Crippen LogP contribution in [-0.2, 0) is 4.79 Å². The second-order valence-electron chi connectivity index (χ2n) is 4.64. The maximum atomic E-state index is 13.1. The molecular formula is C15H12ClFN2O. The van der Waals surface area contributed by atoms with E-state index in [4.69, 9.17) is 11.6 Å². The molecule has 5 heteroatoms. The van der Waals surface area contributed by atoms with Gasteiger partial charge in [0.15, 0.2) is 0 Å². The third kappa shape index (κ3) is 2.34. The molecule has 0 radical (unpaired) electrons. The summed E-state index contributed by atoms with van der Waals surface area (Å²) >= 11 is 5.70. The van der Waals surface area contributed by atoms with Gasteiger partial charge in [0.1, 0.15) is 5.82 Å². The first kappa shape index (κ1) is 12.9. The van der Waals surface area contributed by atoms with Crippen LogP contribution in [0.2, 0.25) is 5.02 Å². The van der Waals surface area contributed by atoms with E-state index in [1.165, 1.54) is 18.2 Å². The van der Waals surface area contributed by atoms with Gasteiger partial charge >= 0.3 is 0 Å². The minimum atomic E-state index is -0.502. The number of carbonyl (C=O) groups is 1. The fourth-order valence-corrected chi connectivity index (χ4v) is 2.50. The van der Waals surface area contributed by atoms with Crippen LogP contribution in [0.15, 0.2) is 42.5 Å². The van der Waals surface area contributed by atoms with Crippen LogP contribution in [0.4, 0.5) is 15.8 Å². The molecule has 0 spiro atoms. The number of rotatable bonds is 2. The number of fused-ring (bicyclic) bond motifs is 1. The zero-order valence-electron chi connectivity index (χ0n) is 10.5. The van der Waals surface area contributed by atoms with E-state index >= 15 is 0 Å². The molecule has 3 nitrogen and oxygen atoms in total. The lowest BCUT2D eigenvalue weighted by atomic mass is 10.0. The van der Waals surface area contributed by atoms with Crippen LogP contribution in [0.25, 0.3) is 0 Å². The van der Waals surface area contributed by atoms with Crippen molar-refractivity contribution in [3.63, 3.8) is 0 Å². The number of anilines is 2. The summed E-state index contributed by atoms with van der Waals surface area (Å²) in [6, 6.07) is 11.8. The summed E-state index contributed by atoms with van der Waals surface area (Å²) in [6.45, 7) is 0.556. The van der Waals surface area contributed by atoms with Crippen molar-refractivity contribution in [3.05, 3.63) is 58.9 Å². The second-order valence-corrected chi connectivity index (χ2v) is 5.05. The quantitative estimate of drug-likeness (QED) is 0.887. The van der Waals surface area contributed by atoms with Crippen LogP contribution in [-0.4, -0.2) is 12.5 Å². The van der Waals surface area contributed by atoms with E-state index in [1.54, 1.807) is 0 Å². The number of nitrogens with one attached hydrogen (secondary N) is 2. The molecule has 0 bridgehead atoms. The van der Waals surface area contributed by atoms with Crippen molar-refractivity contribution in [1.29, 1.82) is 0 Å². The van der Waals surface area contributed by atoms with Crippen molar-refractivity contribution in [1.82, 2.24) is 0 Å². The average molecular weight is 291 g/mol. The first-order valence-electron chi connectivity index (χ1n) is 6.24. The highest BCUT2D eigenvalue weighted by atomic mass is 35.5. The summed E-state index contributed by atoms with van der Waals surface area (Å²) in [4.78, 5) is 12.3. The zero-order chi connectivity index (χ0) is 14.1. The van der Waals surface area contributed by atoms with Crippen LogP contribution >= 0.6 is 11.6 Å². The average Bonchev–Trinajstić information content (AvgIpc) is 2.87. The van der Waals surface area contributed by atoms with Gasteiger partial charge in [-0.15, -0.1) is 0 Å². The van der Waals surface area contributed by atoms with Crippen molar-refractivity contribution in [2.24, 2.45) is 0 Å². The van der Waals surface area contributed by atoms with E-state index in [1.807, 2.05) is 24.3 Å². The molecule has 1 aliphatic rings. The molecule has 2 aromatic rings. The highest BCUT2D eigenvalue weighted by Gasteiger charge is 2.28. The van der Waals surface area contributed by atoms with E-state index in [0.717, 1.165) is 11.3 Å². The molecule has 3 rings (SSSR count). The molecule has 1 aliphatic heterocycles. The molecule has 1 unspecified atom stereocenters. The molecule has 102 valence electrons. The van der Waals surface area contributed by atoms with Crippen molar-refractivity contribution in [2.45, 2.75) is 5.92 Å². The zero-order valence-corrected chi connectivity index (χ0v) is 11.2. The number of benzene rings is 2. The van der Waals surface area contributed by atoms with Gasteiger partial charge in [0.2, 0.25) is 5.91 Å². The molecule has 2 N–H and O–H groups in total. The monoisotopic (exact) mass is 290 g/mol. The molecule has 1 amide bonds. The van der Waals surface area contributed by atoms with Gasteiger partial charge in [-0.05, 0) is 29.8 Å². The number of amides is 1. The Morgan fingerprint density at radius 2 is 2.10 bits per heavy atom. The number of halogens is 2. The number of carbonyl (C=O) groups excluding carboxylic acids is 1. The predicted octanol–water partition coefficient (Wildman–Crippen LogP) is 3.63. The summed E-state index contributed by atoms with van der Waals surface area (Å²) in [6.07, 6.45) is 0. The topological polar surface area (TPSA) is 41.1 Å². The maximum absolute atomic E-state index is 13.1. The lowest BCUT2D eigenvalue weighted by Gasteiger charge is -2.11. The summed E-state index contributed by atoms with van der Waals surface area (Å²) in [7, 11) is 0. The Balaban J connectivity index is 1.79. The molecule has 2 aromatic carbocycles. The number of hydrogen-bond acceptors (Lipinski definition) is 2. The van der Waals surface area contributed by atoms with Crippen molar-refractivity contribution >= 4 is 28.9 Å². The number of hydrogen-bond donors (Lipinski definition) is 2. The van der Waals surface area contributed by atoms with Gasteiger partial charge in [-0.3, -0.25) is 4.79 Å². The Hall–Kier alpha value is -2.07. The summed E-state index contributed by atoms with van der Waals surface area (Å²) in [5.41, 5.74) is 2.44. The van der Waals surface area contributed by atoms with Crippen LogP contribution in [0.3, 0.4) is 0 Å². The third-order valence-corrected chi connectivity index (χ3v) is 3.63. The Bertz CT molecular complexity index is 675. The normalized spacial score (nSPS) is 16.4. The van der Waals surface area contributed by atoms with Crippen LogP contribution in [0.5, 0.6) is 0 Å². The van der Waals surface area contributed by atoms with E-state index in [9.17, 15) is 9.18 Å². The first-order chi connectivity index (χ1) is 9.65. The number of para-hydroxylation sites is 1. The van der Waals surface area contributed by atoms with Crippen molar-refractivity contribution in [3.8, 4) is 0 Å². The predicted molar refractivity (Wildman–Crippen MR) is 77.7 cm³/mol. The lowest BCUT2D eigenvalue weighted by molar-refractivity contribution is -0.117. The molecule has 1 atom stereocenters. The van der Waals surface area contributed by atoms with Crippen molar-refractivity contribution in [2.75, 3.05) is 17.2 Å². The van der Waals surface area contributed by atoms with E-state index < -0.39 is 5.82 Å². The fourth-order valence-electron chi connectivity index (χ4n) is 2.32. The van der Waals surface area contributed by atoms with Gasteiger partial charge in [-0.25, -0.2) is 4.39 Å². The standard InChI is InChI=1S/C15H12ClFN2O/c16-12-7-9(5-6-13(12)17)19-15(20)11-8-18-14-4-2-1-3-10(11)14/h1-7,11,18H,8H2,(H,19,20). The van der Waals surface area contributed by atoms with E-state index in [-0.39, 0.29) is 16.8 Å². The molecule has 1 heterocycles. The molecule has 0 fully saturated rings. The van der Waals surface area contributed by atoms with Crippen LogP contribution in [0.1, 0.15) is 11.5 Å². The molecule has 0 saturated heterocycles. The molecule has 20 heavy (non-hydrogen) atoms. The third-order valence-electron chi connectivity index (χ3n) is 3.34. The van der Waals surface area contributed by atoms with Gasteiger partial charge in [0, 0.05) is 17.9 Å². The Kier molecular flexibility index (Phi) is 3.32. The Morgan fingerprint density at radius 1 is 1.30 bits per heavy atom. The highest BCUT2D eigenvalue weighted by Crippen LogP contribution is 2.32. The van der Waals surface area contributed by atoms with E-state index in [2.05, 4.69) is 10.6 Å². The van der Waals surface area contributed by atoms with Gasteiger partial charge in [-0.2, -0.15) is 0 Å². The van der Waals surface area contributed by atoms with Crippen molar-refractivity contribution < 1.29 is 9.18 Å². The summed E-state index contributed by atoms with van der Waals surface area (Å²) in [5.74, 6) is -0.891. The molecule has 0 aliphatic carbocycles. The van der Waals surface area contributed by atoms with E-state index in [0.29, 0.717) is 12.2 Å². The lowest BCUT2D eigenvalue weighted by Crippen LogP contribution is -2.22. The van der Waals surface area contributed by atoms with Gasteiger partial charge in [0.25, 0.3) is 0 Å². The van der Waals surface area contributed by atoms with Gasteiger partial charge < -0.3 is 10.6 Å². The molecule has 0 aromatic heterocycles. The van der Waals surface area contributed by atoms with Crippen LogP contribution in [0, 0.1) is 5.82 Å². The second kappa shape index (κ2) is 5.13. The minimum Gasteiger partial charge on any atom is -0.384 e. The Morgan fingerprint density at radius 3 is 2.90 bits per heavy atom. The minimum absolute atomic E-state index is 0.00672. The molecule has 0 saturated carbocycles. The first-order valence-corrected chi connectivity index (χ1v) is 6.61. The fraction of sp³-hybridized carbons (Fsp3) is 0.133. The highest BCUT2D eigenvalue weighted by molar-refractivity contribution is 6.31. The maximum Gasteiger partial charge on any atom is 0.233 e. The smallest absolute Gasteiger partial charge is 0.233 e.